The number of nitroso groups, excluding NO2 is 1. The first-order chi connectivity index (χ1) is 7.81. The van der Waals surface area contributed by atoms with Crippen LogP contribution in [-0.4, -0.2) is 29.9 Å². The van der Waals surface area contributed by atoms with E-state index in [9.17, 15) is 9.70 Å². The number of hydrogen-bond donors (Lipinski definition) is 0. The van der Waals surface area contributed by atoms with Crippen LogP contribution in [0.2, 0.25) is 0 Å². The maximum absolute atomic E-state index is 12.2. The summed E-state index contributed by atoms with van der Waals surface area (Å²) in [5, 5.41) is 3.07. The molecule has 1 saturated carbocycles. The van der Waals surface area contributed by atoms with E-state index in [1.165, 1.54) is 19.3 Å². The quantitative estimate of drug-likeness (QED) is 0.676. The van der Waals surface area contributed by atoms with E-state index in [1.807, 2.05) is 4.90 Å². The summed E-state index contributed by atoms with van der Waals surface area (Å²) in [6, 6.07) is -0.0598. The molecule has 0 aromatic heterocycles. The molecule has 0 radical (unpaired) electrons. The zero-order valence-electron chi connectivity index (χ0n) is 9.73. The minimum Gasteiger partial charge on any atom is -0.342 e. The van der Waals surface area contributed by atoms with Crippen molar-refractivity contribution in [3.05, 3.63) is 4.91 Å². The highest BCUT2D eigenvalue weighted by atomic mass is 16.3. The third-order valence-corrected chi connectivity index (χ3v) is 3.88. The molecular weight excluding hydrogens is 204 g/mol. The van der Waals surface area contributed by atoms with Crippen LogP contribution in [-0.2, 0) is 4.79 Å². The van der Waals surface area contributed by atoms with E-state index in [2.05, 4.69) is 5.18 Å². The van der Waals surface area contributed by atoms with Gasteiger partial charge in [0.25, 0.3) is 0 Å². The van der Waals surface area contributed by atoms with Crippen molar-refractivity contribution in [2.45, 2.75) is 51.0 Å². The summed E-state index contributed by atoms with van der Waals surface area (Å²) in [6.07, 6.45) is 7.30. The topological polar surface area (TPSA) is 49.7 Å². The second-order valence-corrected chi connectivity index (χ2v) is 5.00. The van der Waals surface area contributed by atoms with Crippen LogP contribution in [0.15, 0.2) is 5.18 Å². The fourth-order valence-electron chi connectivity index (χ4n) is 2.80. The lowest BCUT2D eigenvalue weighted by Crippen LogP contribution is -2.43. The maximum atomic E-state index is 12.2. The van der Waals surface area contributed by atoms with E-state index in [-0.39, 0.29) is 12.0 Å². The number of hydrogen-bond acceptors (Lipinski definition) is 3. The van der Waals surface area contributed by atoms with Crippen LogP contribution in [0.5, 0.6) is 0 Å². The Bertz CT molecular complexity index is 254. The molecule has 0 bridgehead atoms. The summed E-state index contributed by atoms with van der Waals surface area (Å²) in [6.45, 7) is 1.46. The van der Waals surface area contributed by atoms with E-state index in [1.54, 1.807) is 0 Å². The Morgan fingerprint density at radius 2 is 1.62 bits per heavy atom. The Morgan fingerprint density at radius 1 is 1.00 bits per heavy atom. The molecule has 0 aromatic rings. The maximum Gasteiger partial charge on any atom is 0.225 e. The molecule has 0 spiro atoms. The summed E-state index contributed by atoms with van der Waals surface area (Å²) >= 11 is 0. The summed E-state index contributed by atoms with van der Waals surface area (Å²) < 4.78 is 0. The predicted octanol–water partition coefficient (Wildman–Crippen LogP) is 2.32. The number of rotatable bonds is 2. The molecule has 1 aliphatic heterocycles. The highest BCUT2D eigenvalue weighted by molar-refractivity contribution is 5.79. The lowest BCUT2D eigenvalue weighted by molar-refractivity contribution is -0.137. The van der Waals surface area contributed by atoms with Gasteiger partial charge >= 0.3 is 0 Å². The number of amides is 1. The molecule has 0 unspecified atom stereocenters. The van der Waals surface area contributed by atoms with Gasteiger partial charge in [0.1, 0.15) is 0 Å². The molecule has 16 heavy (non-hydrogen) atoms. The molecule has 90 valence electrons. The molecule has 0 N–H and O–H groups in total. The number of carbonyl (C=O) groups is 1. The van der Waals surface area contributed by atoms with Crippen LogP contribution in [0.4, 0.5) is 0 Å². The van der Waals surface area contributed by atoms with Crippen molar-refractivity contribution >= 4 is 5.91 Å². The molecule has 0 aromatic carbocycles. The lowest BCUT2D eigenvalue weighted by atomic mass is 9.87. The van der Waals surface area contributed by atoms with Crippen molar-refractivity contribution in [1.82, 2.24) is 4.90 Å². The Morgan fingerprint density at radius 3 is 2.19 bits per heavy atom. The number of piperidine rings is 1. The average Bonchev–Trinajstić information content (AvgIpc) is 2.39. The molecule has 1 aliphatic carbocycles. The lowest BCUT2D eigenvalue weighted by Gasteiger charge is -2.33. The molecule has 2 rings (SSSR count). The van der Waals surface area contributed by atoms with Gasteiger partial charge in [-0.3, -0.25) is 4.79 Å². The monoisotopic (exact) mass is 224 g/mol. The molecule has 1 saturated heterocycles. The Balaban J connectivity index is 1.83. The van der Waals surface area contributed by atoms with Crippen molar-refractivity contribution in [3.8, 4) is 0 Å². The third kappa shape index (κ3) is 2.60. The van der Waals surface area contributed by atoms with Gasteiger partial charge in [-0.2, -0.15) is 4.91 Å². The largest absolute Gasteiger partial charge is 0.342 e. The van der Waals surface area contributed by atoms with E-state index in [0.29, 0.717) is 5.91 Å². The van der Waals surface area contributed by atoms with E-state index < -0.39 is 0 Å². The zero-order chi connectivity index (χ0) is 11.4. The number of nitrogens with zero attached hydrogens (tertiary/aromatic N) is 2. The van der Waals surface area contributed by atoms with Crippen molar-refractivity contribution in [3.63, 3.8) is 0 Å². The van der Waals surface area contributed by atoms with Gasteiger partial charge in [-0.15, -0.1) is 0 Å². The van der Waals surface area contributed by atoms with Crippen molar-refractivity contribution < 1.29 is 4.79 Å². The summed E-state index contributed by atoms with van der Waals surface area (Å²) in [4.78, 5) is 24.5. The molecule has 0 atom stereocenters. The minimum atomic E-state index is -0.0598. The van der Waals surface area contributed by atoms with Gasteiger partial charge in [0.2, 0.25) is 5.91 Å². The minimum absolute atomic E-state index is 0.0598. The smallest absolute Gasteiger partial charge is 0.225 e. The molecule has 4 nitrogen and oxygen atoms in total. The van der Waals surface area contributed by atoms with Gasteiger partial charge in [-0.05, 0) is 25.7 Å². The van der Waals surface area contributed by atoms with Gasteiger partial charge < -0.3 is 4.90 Å². The summed E-state index contributed by atoms with van der Waals surface area (Å²) in [5.41, 5.74) is 0. The second kappa shape index (κ2) is 5.41. The molecule has 2 aliphatic rings. The number of likely N-dealkylation sites (tertiary alicyclic amines) is 1. The van der Waals surface area contributed by atoms with Crippen LogP contribution in [0.1, 0.15) is 44.9 Å². The molecule has 2 fully saturated rings. The van der Waals surface area contributed by atoms with Gasteiger partial charge in [0, 0.05) is 19.0 Å². The summed E-state index contributed by atoms with van der Waals surface area (Å²) in [5.74, 6) is 0.582. The van der Waals surface area contributed by atoms with Crippen molar-refractivity contribution in [2.24, 2.45) is 11.1 Å². The average molecular weight is 224 g/mol. The number of carbonyl (C=O) groups excluding carboxylic acids is 1. The Kier molecular flexibility index (Phi) is 3.91. The van der Waals surface area contributed by atoms with E-state index in [4.69, 9.17) is 0 Å². The van der Waals surface area contributed by atoms with Gasteiger partial charge in [-0.1, -0.05) is 24.4 Å². The van der Waals surface area contributed by atoms with Gasteiger partial charge in [0.05, 0.1) is 6.04 Å². The molecule has 1 heterocycles. The van der Waals surface area contributed by atoms with Crippen LogP contribution >= 0.6 is 0 Å². The Labute approximate surface area is 96.4 Å². The fourth-order valence-corrected chi connectivity index (χ4v) is 2.80. The van der Waals surface area contributed by atoms with Gasteiger partial charge in [0.15, 0.2) is 0 Å². The third-order valence-electron chi connectivity index (χ3n) is 3.88. The van der Waals surface area contributed by atoms with E-state index in [0.717, 1.165) is 38.8 Å². The fraction of sp³-hybridized carbons (Fsp3) is 0.917. The standard InChI is InChI=1S/C12H20N2O2/c15-12(10-4-2-1-3-5-10)14-8-6-11(13-16)7-9-14/h10-11H,1-9H2. The predicted molar refractivity (Wildman–Crippen MR) is 62.0 cm³/mol. The molecule has 1 amide bonds. The first kappa shape index (κ1) is 11.6. The molecule has 4 heteroatoms. The first-order valence-corrected chi connectivity index (χ1v) is 6.42. The van der Waals surface area contributed by atoms with Crippen LogP contribution < -0.4 is 0 Å². The first-order valence-electron chi connectivity index (χ1n) is 6.42. The second-order valence-electron chi connectivity index (χ2n) is 5.00. The van der Waals surface area contributed by atoms with Crippen LogP contribution in [0.3, 0.4) is 0 Å². The molecular formula is C12H20N2O2. The summed E-state index contributed by atoms with van der Waals surface area (Å²) in [7, 11) is 0. The SMILES string of the molecule is O=NC1CCN(C(=O)C2CCCCC2)CC1. The van der Waals surface area contributed by atoms with Crippen LogP contribution in [0.25, 0.3) is 0 Å². The Hall–Kier alpha value is -0.930. The normalized spacial score (nSPS) is 24.4. The van der Waals surface area contributed by atoms with Crippen LogP contribution in [0, 0.1) is 10.8 Å². The van der Waals surface area contributed by atoms with Crippen molar-refractivity contribution in [2.75, 3.05) is 13.1 Å². The van der Waals surface area contributed by atoms with E-state index >= 15 is 0 Å². The van der Waals surface area contributed by atoms with Gasteiger partial charge in [-0.25, -0.2) is 0 Å². The zero-order valence-corrected chi connectivity index (χ0v) is 9.73. The highest BCUT2D eigenvalue weighted by Crippen LogP contribution is 2.26. The van der Waals surface area contributed by atoms with Crippen molar-refractivity contribution in [1.29, 1.82) is 0 Å². The highest BCUT2D eigenvalue weighted by Gasteiger charge is 2.29.